The molecule has 2 atom stereocenters. The van der Waals surface area contributed by atoms with E-state index in [-0.39, 0.29) is 13.0 Å². The van der Waals surface area contributed by atoms with Crippen molar-refractivity contribution in [3.8, 4) is 0 Å². The van der Waals surface area contributed by atoms with E-state index in [2.05, 4.69) is 0 Å². The van der Waals surface area contributed by atoms with E-state index in [1.54, 1.807) is 0 Å². The lowest BCUT2D eigenvalue weighted by atomic mass is 10.2. The molecule has 0 saturated carbocycles. The molecule has 1 saturated heterocycles. The summed E-state index contributed by atoms with van der Waals surface area (Å²) in [7, 11) is 0. The van der Waals surface area contributed by atoms with E-state index in [1.165, 1.54) is 0 Å². The zero-order valence-corrected chi connectivity index (χ0v) is 5.80. The van der Waals surface area contributed by atoms with Gasteiger partial charge in [-0.15, -0.1) is 0 Å². The van der Waals surface area contributed by atoms with Crippen molar-refractivity contribution in [2.24, 2.45) is 0 Å². The Morgan fingerprint density at radius 3 is 2.64 bits per heavy atom. The number of aliphatic carboxylic acids is 1. The van der Waals surface area contributed by atoms with Crippen molar-refractivity contribution in [1.82, 2.24) is 4.90 Å². The van der Waals surface area contributed by atoms with Crippen LogP contribution in [0.3, 0.4) is 0 Å². The third-order valence-corrected chi connectivity index (χ3v) is 1.74. The third kappa shape index (κ3) is 1.48. The minimum atomic E-state index is -1.06. The highest BCUT2D eigenvalue weighted by atomic mass is 16.4. The van der Waals surface area contributed by atoms with Gasteiger partial charge < -0.3 is 15.1 Å². The quantitative estimate of drug-likeness (QED) is 0.489. The van der Waals surface area contributed by atoms with Gasteiger partial charge in [-0.25, -0.2) is 4.79 Å². The molecule has 0 spiro atoms. The van der Waals surface area contributed by atoms with Crippen LogP contribution in [0.15, 0.2) is 0 Å². The van der Waals surface area contributed by atoms with Gasteiger partial charge in [0.05, 0.1) is 6.10 Å². The second-order valence-corrected chi connectivity index (χ2v) is 2.55. The lowest BCUT2D eigenvalue weighted by Crippen LogP contribution is -2.34. The molecule has 62 valence electrons. The highest BCUT2D eigenvalue weighted by Crippen LogP contribution is 2.15. The van der Waals surface area contributed by atoms with E-state index in [0.717, 1.165) is 4.90 Å². The van der Waals surface area contributed by atoms with Gasteiger partial charge in [0, 0.05) is 13.0 Å². The van der Waals surface area contributed by atoms with Crippen LogP contribution in [0.2, 0.25) is 0 Å². The predicted molar refractivity (Wildman–Crippen MR) is 34.8 cm³/mol. The topological polar surface area (TPSA) is 77.8 Å². The van der Waals surface area contributed by atoms with Gasteiger partial charge in [-0.1, -0.05) is 0 Å². The molecule has 1 amide bonds. The number of carboxylic acids is 1. The summed E-state index contributed by atoms with van der Waals surface area (Å²) in [4.78, 5) is 21.7. The van der Waals surface area contributed by atoms with E-state index in [0.29, 0.717) is 6.41 Å². The van der Waals surface area contributed by atoms with Gasteiger partial charge in [0.25, 0.3) is 0 Å². The fourth-order valence-corrected chi connectivity index (χ4v) is 1.20. The van der Waals surface area contributed by atoms with Gasteiger partial charge >= 0.3 is 5.97 Å². The van der Waals surface area contributed by atoms with Crippen molar-refractivity contribution >= 4 is 12.4 Å². The first kappa shape index (κ1) is 8.00. The number of β-amino-alcohol motifs (C(OH)–C–C–N with tert-alkyl or cyclic N) is 1. The predicted octanol–water partition coefficient (Wildman–Crippen LogP) is -1.34. The van der Waals surface area contributed by atoms with E-state index >= 15 is 0 Å². The van der Waals surface area contributed by atoms with Crippen LogP contribution in [0.1, 0.15) is 6.42 Å². The number of likely N-dealkylation sites (tertiary alicyclic amines) is 1. The number of hydrogen-bond donors (Lipinski definition) is 2. The molecular formula is C6H9NO4. The van der Waals surface area contributed by atoms with Crippen LogP contribution in [-0.2, 0) is 9.59 Å². The molecule has 0 radical (unpaired) electrons. The normalized spacial score (nSPS) is 30.5. The van der Waals surface area contributed by atoms with Crippen LogP contribution in [0.4, 0.5) is 0 Å². The Morgan fingerprint density at radius 2 is 2.27 bits per heavy atom. The SMILES string of the molecule is O=CN1CC(O)C[C@H]1C(=O)O. The Balaban J connectivity index is 2.64. The van der Waals surface area contributed by atoms with Crippen LogP contribution < -0.4 is 0 Å². The molecule has 0 aromatic rings. The van der Waals surface area contributed by atoms with Crippen molar-refractivity contribution in [1.29, 1.82) is 0 Å². The summed E-state index contributed by atoms with van der Waals surface area (Å²) in [5.41, 5.74) is 0. The van der Waals surface area contributed by atoms with Crippen molar-refractivity contribution in [2.45, 2.75) is 18.6 Å². The van der Waals surface area contributed by atoms with Crippen molar-refractivity contribution in [3.05, 3.63) is 0 Å². The Bertz CT molecular complexity index is 181. The van der Waals surface area contributed by atoms with Crippen molar-refractivity contribution < 1.29 is 19.8 Å². The van der Waals surface area contributed by atoms with E-state index in [4.69, 9.17) is 10.2 Å². The maximum atomic E-state index is 10.4. The van der Waals surface area contributed by atoms with Gasteiger partial charge in [0.15, 0.2) is 0 Å². The number of aliphatic hydroxyl groups is 1. The van der Waals surface area contributed by atoms with Crippen molar-refractivity contribution in [2.75, 3.05) is 6.54 Å². The Labute approximate surface area is 63.2 Å². The number of aliphatic hydroxyl groups excluding tert-OH is 1. The van der Waals surface area contributed by atoms with Crippen LogP contribution in [-0.4, -0.2) is 46.2 Å². The highest BCUT2D eigenvalue weighted by molar-refractivity contribution is 5.77. The van der Waals surface area contributed by atoms with Crippen LogP contribution in [0, 0.1) is 0 Å². The fraction of sp³-hybridized carbons (Fsp3) is 0.667. The number of carboxylic acid groups (broad SMARTS) is 1. The molecule has 1 aliphatic heterocycles. The molecule has 1 unspecified atom stereocenters. The first-order valence-electron chi connectivity index (χ1n) is 3.27. The third-order valence-electron chi connectivity index (χ3n) is 1.74. The Hall–Kier alpha value is -1.10. The minimum Gasteiger partial charge on any atom is -0.480 e. The summed E-state index contributed by atoms with van der Waals surface area (Å²) in [6.45, 7) is 0.125. The fourth-order valence-electron chi connectivity index (χ4n) is 1.20. The average Bonchev–Trinajstić information content (AvgIpc) is 2.30. The van der Waals surface area contributed by atoms with Crippen LogP contribution in [0.5, 0.6) is 0 Å². The molecule has 2 N–H and O–H groups in total. The van der Waals surface area contributed by atoms with Crippen LogP contribution in [0.25, 0.3) is 0 Å². The molecule has 1 rings (SSSR count). The zero-order chi connectivity index (χ0) is 8.43. The lowest BCUT2D eigenvalue weighted by Gasteiger charge is -2.13. The van der Waals surface area contributed by atoms with Gasteiger partial charge in [-0.3, -0.25) is 4.79 Å². The molecule has 1 fully saturated rings. The summed E-state index contributed by atoms with van der Waals surface area (Å²) >= 11 is 0. The first-order valence-corrected chi connectivity index (χ1v) is 3.27. The summed E-state index contributed by atoms with van der Waals surface area (Å²) in [6.07, 6.45) is -0.107. The molecule has 5 heteroatoms. The average molecular weight is 159 g/mol. The van der Waals surface area contributed by atoms with E-state index in [9.17, 15) is 9.59 Å². The van der Waals surface area contributed by atoms with E-state index < -0.39 is 18.1 Å². The highest BCUT2D eigenvalue weighted by Gasteiger charge is 2.34. The molecule has 0 aromatic heterocycles. The monoisotopic (exact) mass is 159 g/mol. The van der Waals surface area contributed by atoms with Gasteiger partial charge in [0.1, 0.15) is 6.04 Å². The number of hydrogen-bond acceptors (Lipinski definition) is 3. The molecule has 1 aliphatic rings. The summed E-state index contributed by atoms with van der Waals surface area (Å²) in [6, 6.07) is -0.845. The number of amides is 1. The maximum Gasteiger partial charge on any atom is 0.326 e. The zero-order valence-electron chi connectivity index (χ0n) is 5.80. The van der Waals surface area contributed by atoms with Crippen molar-refractivity contribution in [3.63, 3.8) is 0 Å². The molecule has 5 nitrogen and oxygen atoms in total. The maximum absolute atomic E-state index is 10.4. The minimum absolute atomic E-state index is 0.125. The number of rotatable bonds is 2. The van der Waals surface area contributed by atoms with Gasteiger partial charge in [-0.2, -0.15) is 0 Å². The number of carbonyl (C=O) groups excluding carboxylic acids is 1. The molecular weight excluding hydrogens is 150 g/mol. The Morgan fingerprint density at radius 1 is 1.64 bits per heavy atom. The summed E-state index contributed by atoms with van der Waals surface area (Å²) in [5.74, 6) is -1.06. The Kier molecular flexibility index (Phi) is 2.09. The van der Waals surface area contributed by atoms with Crippen LogP contribution >= 0.6 is 0 Å². The molecule has 0 aliphatic carbocycles. The summed E-state index contributed by atoms with van der Waals surface area (Å²) < 4.78 is 0. The second-order valence-electron chi connectivity index (χ2n) is 2.55. The first-order chi connectivity index (χ1) is 5.15. The molecule has 0 aromatic carbocycles. The number of carbonyl (C=O) groups is 2. The van der Waals surface area contributed by atoms with Gasteiger partial charge in [0.2, 0.25) is 6.41 Å². The largest absolute Gasteiger partial charge is 0.480 e. The van der Waals surface area contributed by atoms with E-state index in [1.807, 2.05) is 0 Å². The molecule has 1 heterocycles. The smallest absolute Gasteiger partial charge is 0.326 e. The molecule has 11 heavy (non-hydrogen) atoms. The molecule has 0 bridgehead atoms. The second kappa shape index (κ2) is 2.87. The summed E-state index contributed by atoms with van der Waals surface area (Å²) in [5, 5.41) is 17.5. The number of nitrogens with zero attached hydrogens (tertiary/aromatic N) is 1. The van der Waals surface area contributed by atoms with Gasteiger partial charge in [-0.05, 0) is 0 Å². The standard InChI is InChI=1S/C6H9NO4/c8-3-7-2-4(9)1-5(7)6(10)11/h3-5,9H,1-2H2,(H,10,11)/t4?,5-/m0/s1. The lowest BCUT2D eigenvalue weighted by molar-refractivity contribution is -0.144.